The number of nitrogens with zero attached hydrogens (tertiary/aromatic N) is 1. The van der Waals surface area contributed by atoms with Crippen LogP contribution in [0.2, 0.25) is 0 Å². The van der Waals surface area contributed by atoms with Gasteiger partial charge < -0.3 is 21.0 Å². The van der Waals surface area contributed by atoms with Crippen LogP contribution in [0.5, 0.6) is 0 Å². The Morgan fingerprint density at radius 2 is 2.21 bits per heavy atom. The van der Waals surface area contributed by atoms with Gasteiger partial charge in [0.1, 0.15) is 0 Å². The first-order valence-electron chi connectivity index (χ1n) is 6.65. The molecule has 0 saturated heterocycles. The molecule has 5 heteroatoms. The number of ether oxygens (including phenoxy) is 1. The fourth-order valence-electron chi connectivity index (χ4n) is 1.88. The van der Waals surface area contributed by atoms with E-state index in [4.69, 9.17) is 15.7 Å². The van der Waals surface area contributed by atoms with Gasteiger partial charge in [0.15, 0.2) is 5.84 Å². The summed E-state index contributed by atoms with van der Waals surface area (Å²) >= 11 is 0. The summed E-state index contributed by atoms with van der Waals surface area (Å²) in [6.45, 7) is 3.10. The monoisotopic (exact) mass is 263 g/mol. The predicted octanol–water partition coefficient (Wildman–Crippen LogP) is 1.30. The molecule has 19 heavy (non-hydrogen) atoms. The summed E-state index contributed by atoms with van der Waals surface area (Å²) in [6, 6.07) is 7.62. The molecule has 0 atom stereocenters. The second-order valence-corrected chi connectivity index (χ2v) is 4.84. The van der Waals surface area contributed by atoms with Gasteiger partial charge in [0.2, 0.25) is 0 Å². The van der Waals surface area contributed by atoms with Gasteiger partial charge in [0.05, 0.1) is 6.61 Å². The third-order valence-electron chi connectivity index (χ3n) is 3.19. The quantitative estimate of drug-likeness (QED) is 0.217. The van der Waals surface area contributed by atoms with Crippen molar-refractivity contribution < 1.29 is 9.94 Å². The molecule has 2 rings (SSSR count). The van der Waals surface area contributed by atoms with E-state index in [1.165, 1.54) is 12.8 Å². The first kappa shape index (κ1) is 13.8. The Balaban J connectivity index is 1.72. The van der Waals surface area contributed by atoms with E-state index >= 15 is 0 Å². The summed E-state index contributed by atoms with van der Waals surface area (Å²) in [4.78, 5) is 0. The van der Waals surface area contributed by atoms with E-state index in [1.54, 1.807) is 0 Å². The number of amidine groups is 1. The van der Waals surface area contributed by atoms with Crippen molar-refractivity contribution in [2.24, 2.45) is 16.8 Å². The molecule has 4 N–H and O–H groups in total. The van der Waals surface area contributed by atoms with Gasteiger partial charge in [-0.25, -0.2) is 0 Å². The Morgan fingerprint density at radius 1 is 1.42 bits per heavy atom. The first-order valence-corrected chi connectivity index (χ1v) is 6.65. The van der Waals surface area contributed by atoms with Crippen molar-refractivity contribution in [1.29, 1.82) is 0 Å². The number of oxime groups is 1. The highest BCUT2D eigenvalue weighted by Crippen LogP contribution is 2.28. The minimum absolute atomic E-state index is 0.141. The maximum atomic E-state index is 8.73. The van der Waals surface area contributed by atoms with Crippen molar-refractivity contribution in [3.05, 3.63) is 35.4 Å². The van der Waals surface area contributed by atoms with Gasteiger partial charge in [-0.05, 0) is 24.3 Å². The largest absolute Gasteiger partial charge is 0.409 e. The number of hydrogen-bond acceptors (Lipinski definition) is 4. The summed E-state index contributed by atoms with van der Waals surface area (Å²) in [5.41, 5.74) is 7.41. The lowest BCUT2D eigenvalue weighted by atomic mass is 10.1. The Morgan fingerprint density at radius 3 is 2.95 bits per heavy atom. The zero-order chi connectivity index (χ0) is 13.5. The molecule has 0 heterocycles. The van der Waals surface area contributed by atoms with Crippen LogP contribution in [0.1, 0.15) is 24.0 Å². The fourth-order valence-corrected chi connectivity index (χ4v) is 1.88. The molecule has 0 bridgehead atoms. The molecule has 1 aliphatic carbocycles. The number of nitrogens with two attached hydrogens (primary N) is 1. The maximum Gasteiger partial charge on any atom is 0.170 e. The lowest BCUT2D eigenvalue weighted by Gasteiger charge is -2.09. The van der Waals surface area contributed by atoms with Crippen LogP contribution < -0.4 is 11.1 Å². The molecule has 104 valence electrons. The SMILES string of the molecule is N/C(=N/O)c1ccccc1CNCCOCC1CC1. The van der Waals surface area contributed by atoms with Crippen LogP contribution in [0.3, 0.4) is 0 Å². The van der Waals surface area contributed by atoms with Crippen molar-refractivity contribution >= 4 is 5.84 Å². The van der Waals surface area contributed by atoms with Gasteiger partial charge in [-0.15, -0.1) is 0 Å². The van der Waals surface area contributed by atoms with Gasteiger partial charge in [0.25, 0.3) is 0 Å². The average molecular weight is 263 g/mol. The number of hydrogen-bond donors (Lipinski definition) is 3. The molecule has 0 aliphatic heterocycles. The summed E-state index contributed by atoms with van der Waals surface area (Å²) in [7, 11) is 0. The average Bonchev–Trinajstić information content (AvgIpc) is 3.26. The second kappa shape index (κ2) is 7.11. The molecule has 1 fully saturated rings. The van der Waals surface area contributed by atoms with E-state index in [2.05, 4.69) is 10.5 Å². The molecular weight excluding hydrogens is 242 g/mol. The highest BCUT2D eigenvalue weighted by molar-refractivity contribution is 5.98. The predicted molar refractivity (Wildman–Crippen MR) is 74.2 cm³/mol. The van der Waals surface area contributed by atoms with Crippen LogP contribution in [0, 0.1) is 5.92 Å². The third kappa shape index (κ3) is 4.54. The Labute approximate surface area is 113 Å². The lowest BCUT2D eigenvalue weighted by molar-refractivity contribution is 0.126. The highest BCUT2D eigenvalue weighted by Gasteiger charge is 2.20. The number of nitrogens with one attached hydrogen (secondary N) is 1. The molecule has 0 spiro atoms. The second-order valence-electron chi connectivity index (χ2n) is 4.84. The molecule has 1 saturated carbocycles. The third-order valence-corrected chi connectivity index (χ3v) is 3.19. The molecule has 1 aromatic rings. The highest BCUT2D eigenvalue weighted by atomic mass is 16.5. The smallest absolute Gasteiger partial charge is 0.170 e. The van der Waals surface area contributed by atoms with Gasteiger partial charge in [-0.3, -0.25) is 0 Å². The maximum absolute atomic E-state index is 8.73. The van der Waals surface area contributed by atoms with Crippen molar-refractivity contribution in [3.8, 4) is 0 Å². The van der Waals surface area contributed by atoms with Crippen LogP contribution in [0.25, 0.3) is 0 Å². The topological polar surface area (TPSA) is 79.9 Å². The van der Waals surface area contributed by atoms with Crippen LogP contribution in [-0.2, 0) is 11.3 Å². The molecule has 0 unspecified atom stereocenters. The lowest BCUT2D eigenvalue weighted by Crippen LogP contribution is -2.23. The van der Waals surface area contributed by atoms with Crippen LogP contribution in [0.15, 0.2) is 29.4 Å². The minimum Gasteiger partial charge on any atom is -0.409 e. The van der Waals surface area contributed by atoms with Crippen LogP contribution in [0.4, 0.5) is 0 Å². The normalized spacial score (nSPS) is 15.7. The summed E-state index contributed by atoms with van der Waals surface area (Å²) < 4.78 is 5.54. The standard InChI is InChI=1S/C14H21N3O2/c15-14(17-18)13-4-2-1-3-12(13)9-16-7-8-19-10-11-5-6-11/h1-4,11,16,18H,5-10H2,(H2,15,17). The van der Waals surface area contributed by atoms with Crippen molar-refractivity contribution in [2.75, 3.05) is 19.8 Å². The van der Waals surface area contributed by atoms with E-state index in [0.717, 1.165) is 36.8 Å². The van der Waals surface area contributed by atoms with Gasteiger partial charge in [-0.2, -0.15) is 0 Å². The Kier molecular flexibility index (Phi) is 5.18. The summed E-state index contributed by atoms with van der Waals surface area (Å²) in [6.07, 6.45) is 2.64. The molecule has 1 aliphatic rings. The van der Waals surface area contributed by atoms with Crippen molar-refractivity contribution in [2.45, 2.75) is 19.4 Å². The molecule has 0 amide bonds. The molecule has 0 aromatic heterocycles. The van der Waals surface area contributed by atoms with E-state index in [-0.39, 0.29) is 5.84 Å². The Hall–Kier alpha value is -1.59. The van der Waals surface area contributed by atoms with E-state index in [9.17, 15) is 0 Å². The van der Waals surface area contributed by atoms with Crippen LogP contribution >= 0.6 is 0 Å². The number of rotatable bonds is 8. The molecule has 5 nitrogen and oxygen atoms in total. The van der Waals surface area contributed by atoms with E-state index in [0.29, 0.717) is 6.54 Å². The fraction of sp³-hybridized carbons (Fsp3) is 0.500. The van der Waals surface area contributed by atoms with Gasteiger partial charge >= 0.3 is 0 Å². The zero-order valence-electron chi connectivity index (χ0n) is 11.0. The van der Waals surface area contributed by atoms with Gasteiger partial charge in [0, 0.05) is 25.3 Å². The minimum atomic E-state index is 0.141. The van der Waals surface area contributed by atoms with Crippen LogP contribution in [-0.4, -0.2) is 30.8 Å². The zero-order valence-corrected chi connectivity index (χ0v) is 11.0. The van der Waals surface area contributed by atoms with E-state index in [1.807, 2.05) is 24.3 Å². The van der Waals surface area contributed by atoms with E-state index < -0.39 is 0 Å². The molecule has 0 radical (unpaired) electrons. The number of benzene rings is 1. The van der Waals surface area contributed by atoms with Crippen molar-refractivity contribution in [1.82, 2.24) is 5.32 Å². The summed E-state index contributed by atoms with van der Waals surface area (Å²) in [5, 5.41) is 15.1. The van der Waals surface area contributed by atoms with Gasteiger partial charge in [-0.1, -0.05) is 29.4 Å². The first-order chi connectivity index (χ1) is 9.31. The molecule has 1 aromatic carbocycles. The van der Waals surface area contributed by atoms with Crippen molar-refractivity contribution in [3.63, 3.8) is 0 Å². The Bertz CT molecular complexity index is 430. The molecular formula is C14H21N3O2. The summed E-state index contributed by atoms with van der Waals surface area (Å²) in [5.74, 6) is 0.948.